The topological polar surface area (TPSA) is 58.4 Å². The Balaban J connectivity index is 3.97. The monoisotopic (exact) mass is 257 g/mol. The van der Waals surface area contributed by atoms with Gasteiger partial charge in [-0.15, -0.1) is 0 Å². The van der Waals surface area contributed by atoms with Crippen molar-refractivity contribution in [1.29, 1.82) is 0 Å². The van der Waals surface area contributed by atoms with Crippen molar-refractivity contribution in [2.75, 3.05) is 26.2 Å². The van der Waals surface area contributed by atoms with Crippen LogP contribution in [0.3, 0.4) is 0 Å². The summed E-state index contributed by atoms with van der Waals surface area (Å²) >= 11 is 4.64. The van der Waals surface area contributed by atoms with E-state index in [2.05, 4.69) is 12.2 Å². The zero-order chi connectivity index (χ0) is 12.8. The highest BCUT2D eigenvalue weighted by molar-refractivity contribution is 7.80. The molecule has 0 aliphatic heterocycles. The molecule has 0 fully saturated rings. The molecular weight excluding hydrogens is 243 g/mol. The van der Waals surface area contributed by atoms with Crippen LogP contribution in [0.2, 0.25) is 0 Å². The molecule has 0 heterocycles. The highest BCUT2D eigenvalue weighted by Gasteiger charge is 2.27. The predicted octanol–water partition coefficient (Wildman–Crippen LogP) is 0.273. The Morgan fingerprint density at radius 1 is 1.44 bits per heavy atom. The van der Waals surface area contributed by atoms with Crippen molar-refractivity contribution >= 4 is 23.1 Å². The summed E-state index contributed by atoms with van der Waals surface area (Å²) in [5.41, 5.74) is 5.27. The molecule has 0 atom stereocenters. The number of amides is 1. The average molecular weight is 257 g/mol. The smallest absolute Gasteiger partial charge is 0.392 e. The van der Waals surface area contributed by atoms with Crippen LogP contribution in [0.4, 0.5) is 13.2 Å². The molecule has 8 heteroatoms. The number of nitrogens with zero attached hydrogens (tertiary/aromatic N) is 1. The maximum absolute atomic E-state index is 11.8. The summed E-state index contributed by atoms with van der Waals surface area (Å²) in [5.74, 6) is -0.699. The van der Waals surface area contributed by atoms with Crippen LogP contribution in [0.15, 0.2) is 0 Å². The summed E-state index contributed by atoms with van der Waals surface area (Å²) in [6.45, 7) is 0.984. The molecule has 4 nitrogen and oxygen atoms in total. The van der Waals surface area contributed by atoms with Crippen LogP contribution in [0.25, 0.3) is 0 Å². The zero-order valence-corrected chi connectivity index (χ0v) is 9.62. The fourth-order valence-electron chi connectivity index (χ4n) is 0.958. The van der Waals surface area contributed by atoms with Gasteiger partial charge in [0.05, 0.1) is 11.5 Å². The van der Waals surface area contributed by atoms with E-state index in [-0.39, 0.29) is 18.1 Å². The van der Waals surface area contributed by atoms with Crippen LogP contribution in [-0.2, 0) is 4.79 Å². The Kier molecular flexibility index (Phi) is 6.27. The number of thiocarbonyl (C=S) groups is 1. The summed E-state index contributed by atoms with van der Waals surface area (Å²) in [7, 11) is 0. The van der Waals surface area contributed by atoms with Crippen molar-refractivity contribution in [2.24, 2.45) is 5.73 Å². The molecule has 0 aromatic rings. The van der Waals surface area contributed by atoms with E-state index in [1.807, 2.05) is 0 Å². The van der Waals surface area contributed by atoms with Gasteiger partial charge in [-0.25, -0.2) is 0 Å². The highest BCUT2D eigenvalue weighted by Crippen LogP contribution is 2.11. The first-order chi connectivity index (χ1) is 7.24. The molecule has 0 saturated carbocycles. The first kappa shape index (κ1) is 15.1. The van der Waals surface area contributed by atoms with E-state index in [0.29, 0.717) is 6.54 Å². The standard InChI is InChI=1S/C8H14F3N3OS/c1-2-14(3-6(12)16)4-7(15)13-5-8(9,10)11/h2-5H2,1H3,(H2,12,16)(H,13,15). The lowest BCUT2D eigenvalue weighted by Crippen LogP contribution is -2.43. The van der Waals surface area contributed by atoms with Gasteiger partial charge in [0, 0.05) is 6.54 Å². The molecule has 0 aromatic carbocycles. The molecule has 1 amide bonds. The minimum absolute atomic E-state index is 0.149. The minimum Gasteiger partial charge on any atom is -0.392 e. The summed E-state index contributed by atoms with van der Waals surface area (Å²) < 4.78 is 35.3. The van der Waals surface area contributed by atoms with Crippen molar-refractivity contribution in [3.05, 3.63) is 0 Å². The van der Waals surface area contributed by atoms with Gasteiger partial charge in [0.25, 0.3) is 0 Å². The molecule has 0 aliphatic rings. The lowest BCUT2D eigenvalue weighted by atomic mass is 10.4. The van der Waals surface area contributed by atoms with Gasteiger partial charge in [-0.1, -0.05) is 19.1 Å². The molecule has 3 N–H and O–H groups in total. The average Bonchev–Trinajstić information content (AvgIpc) is 2.12. The third kappa shape index (κ3) is 8.42. The van der Waals surface area contributed by atoms with E-state index in [4.69, 9.17) is 5.73 Å². The van der Waals surface area contributed by atoms with Gasteiger partial charge in [-0.2, -0.15) is 13.2 Å². The Bertz CT molecular complexity index is 257. The second-order valence-corrected chi connectivity index (χ2v) is 3.69. The number of rotatable bonds is 6. The second-order valence-electron chi connectivity index (χ2n) is 3.16. The van der Waals surface area contributed by atoms with E-state index in [1.165, 1.54) is 0 Å². The van der Waals surface area contributed by atoms with E-state index in [0.717, 1.165) is 0 Å². The van der Waals surface area contributed by atoms with Gasteiger partial charge in [-0.3, -0.25) is 9.69 Å². The number of nitrogens with two attached hydrogens (primary N) is 1. The van der Waals surface area contributed by atoms with Gasteiger partial charge in [0.15, 0.2) is 0 Å². The van der Waals surface area contributed by atoms with Crippen LogP contribution in [-0.4, -0.2) is 48.2 Å². The molecule has 0 unspecified atom stereocenters. The lowest BCUT2D eigenvalue weighted by molar-refractivity contribution is -0.138. The fourth-order valence-corrected chi connectivity index (χ4v) is 1.14. The van der Waals surface area contributed by atoms with Gasteiger partial charge < -0.3 is 11.1 Å². The van der Waals surface area contributed by atoms with Gasteiger partial charge in [0.2, 0.25) is 5.91 Å². The molecule has 94 valence electrons. The summed E-state index contributed by atoms with van der Waals surface area (Å²) in [4.78, 5) is 12.9. The van der Waals surface area contributed by atoms with Crippen molar-refractivity contribution in [1.82, 2.24) is 10.2 Å². The summed E-state index contributed by atoms with van der Waals surface area (Å²) in [6, 6.07) is 0. The number of carbonyl (C=O) groups is 1. The molecule has 0 saturated heterocycles. The maximum Gasteiger partial charge on any atom is 0.405 e. The molecule has 0 radical (unpaired) electrons. The Labute approximate surface area is 97.0 Å². The largest absolute Gasteiger partial charge is 0.405 e. The normalized spacial score (nSPS) is 11.6. The van der Waals surface area contributed by atoms with E-state index in [1.54, 1.807) is 17.1 Å². The number of nitrogens with one attached hydrogen (secondary N) is 1. The van der Waals surface area contributed by atoms with Crippen molar-refractivity contribution in [2.45, 2.75) is 13.1 Å². The predicted molar refractivity (Wildman–Crippen MR) is 58.0 cm³/mol. The first-order valence-corrected chi connectivity index (χ1v) is 4.99. The summed E-state index contributed by atoms with van der Waals surface area (Å²) in [5, 5.41) is 1.77. The van der Waals surface area contributed by atoms with Gasteiger partial charge in [0.1, 0.15) is 6.54 Å². The number of alkyl halides is 3. The molecule has 0 spiro atoms. The number of hydrogen-bond donors (Lipinski definition) is 2. The molecular formula is C8H14F3N3OS. The maximum atomic E-state index is 11.8. The third-order valence-corrected chi connectivity index (χ3v) is 1.81. The van der Waals surface area contributed by atoms with Crippen LogP contribution < -0.4 is 11.1 Å². The first-order valence-electron chi connectivity index (χ1n) is 4.58. The lowest BCUT2D eigenvalue weighted by Gasteiger charge is -2.19. The molecule has 0 aliphatic carbocycles. The van der Waals surface area contributed by atoms with E-state index >= 15 is 0 Å². The van der Waals surface area contributed by atoms with Crippen molar-refractivity contribution < 1.29 is 18.0 Å². The van der Waals surface area contributed by atoms with Crippen molar-refractivity contribution in [3.63, 3.8) is 0 Å². The molecule has 0 bridgehead atoms. The molecule has 0 aromatic heterocycles. The second kappa shape index (κ2) is 6.64. The SMILES string of the molecule is CCN(CC(=O)NCC(F)(F)F)CC(N)=S. The van der Waals surface area contributed by atoms with Gasteiger partial charge in [-0.05, 0) is 6.54 Å². The van der Waals surface area contributed by atoms with Crippen LogP contribution in [0.1, 0.15) is 6.92 Å². The number of hydrogen-bond acceptors (Lipinski definition) is 3. The molecule has 0 rings (SSSR count). The van der Waals surface area contributed by atoms with Crippen LogP contribution >= 0.6 is 12.2 Å². The quantitative estimate of drug-likeness (QED) is 0.671. The zero-order valence-electron chi connectivity index (χ0n) is 8.80. The Morgan fingerprint density at radius 3 is 2.38 bits per heavy atom. The van der Waals surface area contributed by atoms with Crippen LogP contribution in [0.5, 0.6) is 0 Å². The highest BCUT2D eigenvalue weighted by atomic mass is 32.1. The fraction of sp³-hybridized carbons (Fsp3) is 0.750. The van der Waals surface area contributed by atoms with E-state index in [9.17, 15) is 18.0 Å². The Hall–Kier alpha value is -0.890. The minimum atomic E-state index is -4.39. The summed E-state index contributed by atoms with van der Waals surface area (Å²) in [6.07, 6.45) is -4.39. The number of carbonyl (C=O) groups excluding carboxylic acids is 1. The number of halogens is 3. The Morgan fingerprint density at radius 2 is 2.00 bits per heavy atom. The molecule has 16 heavy (non-hydrogen) atoms. The third-order valence-electron chi connectivity index (χ3n) is 1.68. The van der Waals surface area contributed by atoms with E-state index < -0.39 is 18.6 Å². The number of likely N-dealkylation sites (N-methyl/N-ethyl adjacent to an activating group) is 1. The van der Waals surface area contributed by atoms with Gasteiger partial charge >= 0.3 is 6.18 Å². The van der Waals surface area contributed by atoms with Crippen molar-refractivity contribution in [3.8, 4) is 0 Å². The van der Waals surface area contributed by atoms with Crippen LogP contribution in [0, 0.1) is 0 Å².